The van der Waals surface area contributed by atoms with E-state index in [-0.39, 0.29) is 5.84 Å². The van der Waals surface area contributed by atoms with Crippen LogP contribution < -0.4 is 0 Å². The first kappa shape index (κ1) is 50.5. The fourth-order valence-corrected chi connectivity index (χ4v) is 12.4. The van der Waals surface area contributed by atoms with Crippen molar-refractivity contribution in [2.24, 2.45) is 9.98 Å². The fourth-order valence-electron chi connectivity index (χ4n) is 12.4. The number of aryl methyl sites for hydroxylation is 3. The molecule has 0 saturated carbocycles. The second-order valence-corrected chi connectivity index (χ2v) is 21.5. The SMILES string of the molecule is Cc1cc(C)c(-c2ccc3c(c2)c2cc(-n4c5ccccc5c5ccccc54)ccc2n3-c2c(-c3ccc(-c4ccccc4)cc3)cc(C(=N)N=C(N=Cc3ccccc3)c3ccccc3)cc2-c2ccc(-c3ccccc3)cc2)c(C)c1. The Kier molecular flexibility index (Phi) is 13.0. The number of aromatic nitrogens is 2. The third kappa shape index (κ3) is 9.44. The topological polar surface area (TPSA) is 58.4 Å². The van der Waals surface area contributed by atoms with E-state index in [4.69, 9.17) is 9.98 Å². The average Bonchev–Trinajstić information content (AvgIpc) is 2.95. The van der Waals surface area contributed by atoms with Crippen LogP contribution >= 0.6 is 0 Å². The van der Waals surface area contributed by atoms with E-state index in [9.17, 15) is 5.41 Å². The maximum Gasteiger partial charge on any atom is 0.161 e. The van der Waals surface area contributed by atoms with Crippen LogP contribution in [0.3, 0.4) is 0 Å². The van der Waals surface area contributed by atoms with Crippen molar-refractivity contribution in [1.82, 2.24) is 9.13 Å². The van der Waals surface area contributed by atoms with E-state index in [0.29, 0.717) is 11.4 Å². The van der Waals surface area contributed by atoms with Crippen molar-refractivity contribution < 1.29 is 0 Å². The molecule has 0 amide bonds. The lowest BCUT2D eigenvalue weighted by atomic mass is 9.91. The molecule has 14 aromatic rings. The van der Waals surface area contributed by atoms with E-state index in [0.717, 1.165) is 99.8 Å². The van der Waals surface area contributed by atoms with Gasteiger partial charge in [-0.05, 0) is 137 Å². The van der Waals surface area contributed by atoms with Gasteiger partial charge in [0.25, 0.3) is 0 Å². The van der Waals surface area contributed by atoms with Crippen molar-refractivity contribution in [3.8, 4) is 67.0 Å². The molecule has 0 radical (unpaired) electrons. The molecule has 2 aromatic heterocycles. The Labute approximate surface area is 483 Å². The van der Waals surface area contributed by atoms with E-state index in [1.807, 2.05) is 66.9 Å². The largest absolute Gasteiger partial charge is 0.309 e. The molecule has 5 heteroatoms. The lowest BCUT2D eigenvalue weighted by Crippen LogP contribution is -2.07. The van der Waals surface area contributed by atoms with Gasteiger partial charge in [-0.25, -0.2) is 9.98 Å². The molecule has 0 unspecified atom stereocenters. The van der Waals surface area contributed by atoms with Gasteiger partial charge in [-0.3, -0.25) is 5.41 Å². The summed E-state index contributed by atoms with van der Waals surface area (Å²) in [5, 5.41) is 14.8. The number of rotatable bonds is 10. The Bertz CT molecular complexity index is 4660. The summed E-state index contributed by atoms with van der Waals surface area (Å²) >= 11 is 0. The summed E-state index contributed by atoms with van der Waals surface area (Å²) in [5.74, 6) is 0.541. The van der Waals surface area contributed by atoms with Gasteiger partial charge in [0.1, 0.15) is 0 Å². The lowest BCUT2D eigenvalue weighted by Gasteiger charge is -2.21. The highest BCUT2D eigenvalue weighted by atomic mass is 15.0. The van der Waals surface area contributed by atoms with E-state index in [1.165, 1.54) is 38.6 Å². The first-order valence-electron chi connectivity index (χ1n) is 28.3. The van der Waals surface area contributed by atoms with Crippen LogP contribution in [0.5, 0.6) is 0 Å². The Morgan fingerprint density at radius 1 is 0.361 bits per heavy atom. The molecule has 2 heterocycles. The molecule has 0 atom stereocenters. The molecule has 1 N–H and O–H groups in total. The summed E-state index contributed by atoms with van der Waals surface area (Å²) in [6.45, 7) is 6.64. The van der Waals surface area contributed by atoms with Crippen LogP contribution in [-0.2, 0) is 0 Å². The number of para-hydroxylation sites is 2. The Hall–Kier alpha value is -10.8. The summed E-state index contributed by atoms with van der Waals surface area (Å²) in [6.07, 6.45) is 1.82. The maximum atomic E-state index is 10.1. The van der Waals surface area contributed by atoms with Crippen molar-refractivity contribution in [3.05, 3.63) is 312 Å². The first-order valence-corrected chi connectivity index (χ1v) is 28.3. The minimum Gasteiger partial charge on any atom is -0.309 e. The number of amidine groups is 2. The van der Waals surface area contributed by atoms with E-state index in [2.05, 4.69) is 248 Å². The van der Waals surface area contributed by atoms with Gasteiger partial charge >= 0.3 is 0 Å². The molecular formula is C78H57N5. The standard InChI is InChI=1S/C78H57N5/c1-51-44-52(2)75(53(3)45-51)62-40-42-73-69(46-62)70-49-64(82-71-30-18-16-28-65(71)66-29-17-19-31-72(66)82)41-43-74(70)83(73)76-67(59-36-32-57(33-37-59)55-22-10-5-11-23-55)47-63(48-68(76)60-38-34-58(35-39-60)56-24-12-6-13-25-56)77(79)81-78(61-26-14-7-15-27-61)80-50-54-20-8-4-9-21-54/h4-50,79H,1-3H3. The van der Waals surface area contributed by atoms with Crippen LogP contribution in [0.1, 0.15) is 33.4 Å². The quantitative estimate of drug-likeness (QED) is 0.105. The van der Waals surface area contributed by atoms with Crippen molar-refractivity contribution in [3.63, 3.8) is 0 Å². The number of hydrogen-bond acceptors (Lipinski definition) is 1. The van der Waals surface area contributed by atoms with Crippen LogP contribution in [0, 0.1) is 26.2 Å². The smallest absolute Gasteiger partial charge is 0.161 e. The van der Waals surface area contributed by atoms with Crippen LogP contribution in [0.2, 0.25) is 0 Å². The predicted octanol–water partition coefficient (Wildman–Crippen LogP) is 20.0. The summed E-state index contributed by atoms with van der Waals surface area (Å²) in [5.41, 5.74) is 23.6. The van der Waals surface area contributed by atoms with Gasteiger partial charge in [0.2, 0.25) is 0 Å². The van der Waals surface area contributed by atoms with Crippen molar-refractivity contribution in [1.29, 1.82) is 5.41 Å². The highest BCUT2D eigenvalue weighted by molar-refractivity contribution is 6.16. The molecule has 394 valence electrons. The third-order valence-corrected chi connectivity index (χ3v) is 16.2. The summed E-state index contributed by atoms with van der Waals surface area (Å²) in [7, 11) is 0. The number of nitrogens with one attached hydrogen (secondary N) is 1. The van der Waals surface area contributed by atoms with Gasteiger partial charge in [0, 0.05) is 55.7 Å². The van der Waals surface area contributed by atoms with Crippen molar-refractivity contribution in [2.75, 3.05) is 0 Å². The number of hydrogen-bond donors (Lipinski definition) is 1. The minimum atomic E-state index is 0.0939. The minimum absolute atomic E-state index is 0.0939. The molecule has 83 heavy (non-hydrogen) atoms. The number of fused-ring (bicyclic) bond motifs is 6. The molecule has 0 aliphatic carbocycles. The zero-order valence-corrected chi connectivity index (χ0v) is 46.4. The third-order valence-electron chi connectivity index (χ3n) is 16.2. The molecule has 0 fully saturated rings. The molecule has 12 aromatic carbocycles. The summed E-state index contributed by atoms with van der Waals surface area (Å²) in [6, 6.07) is 99.3. The monoisotopic (exact) mass is 1060 g/mol. The van der Waals surface area contributed by atoms with Crippen molar-refractivity contribution >= 4 is 61.5 Å². The van der Waals surface area contributed by atoms with Gasteiger partial charge in [0.05, 0.1) is 27.8 Å². The molecular weight excluding hydrogens is 1010 g/mol. The second-order valence-electron chi connectivity index (χ2n) is 21.5. The summed E-state index contributed by atoms with van der Waals surface area (Å²) in [4.78, 5) is 10.1. The number of aliphatic imine (C=N–C) groups is 2. The molecule has 0 bridgehead atoms. The van der Waals surface area contributed by atoms with Crippen LogP contribution in [0.15, 0.2) is 289 Å². The van der Waals surface area contributed by atoms with Crippen molar-refractivity contribution in [2.45, 2.75) is 20.8 Å². The number of benzene rings is 12. The summed E-state index contributed by atoms with van der Waals surface area (Å²) < 4.78 is 4.90. The molecule has 5 nitrogen and oxygen atoms in total. The van der Waals surface area contributed by atoms with E-state index < -0.39 is 0 Å². The number of nitrogens with zero attached hydrogens (tertiary/aromatic N) is 4. The molecule has 0 aliphatic heterocycles. The van der Waals surface area contributed by atoms with Gasteiger partial charge < -0.3 is 9.13 Å². The van der Waals surface area contributed by atoms with Gasteiger partial charge in [-0.15, -0.1) is 0 Å². The average molecular weight is 1060 g/mol. The zero-order chi connectivity index (χ0) is 56.0. The highest BCUT2D eigenvalue weighted by Crippen LogP contribution is 2.45. The van der Waals surface area contributed by atoms with E-state index in [1.54, 1.807) is 0 Å². The van der Waals surface area contributed by atoms with Crippen LogP contribution in [0.4, 0.5) is 0 Å². The molecule has 0 saturated heterocycles. The van der Waals surface area contributed by atoms with Gasteiger partial charge in [-0.2, -0.15) is 0 Å². The zero-order valence-electron chi connectivity index (χ0n) is 46.4. The lowest BCUT2D eigenvalue weighted by molar-refractivity contribution is 1.17. The first-order chi connectivity index (χ1) is 40.8. The van der Waals surface area contributed by atoms with E-state index >= 15 is 0 Å². The van der Waals surface area contributed by atoms with Crippen LogP contribution in [0.25, 0.3) is 111 Å². The predicted molar refractivity (Wildman–Crippen MR) is 350 cm³/mol. The van der Waals surface area contributed by atoms with Gasteiger partial charge in [-0.1, -0.05) is 230 Å². The Balaban J connectivity index is 1.07. The molecule has 0 spiro atoms. The van der Waals surface area contributed by atoms with Crippen LogP contribution in [-0.4, -0.2) is 27.0 Å². The fraction of sp³-hybridized carbons (Fsp3) is 0.0385. The molecule has 14 rings (SSSR count). The Morgan fingerprint density at radius 3 is 1.35 bits per heavy atom. The second kappa shape index (κ2) is 21.4. The van der Waals surface area contributed by atoms with Gasteiger partial charge in [0.15, 0.2) is 11.7 Å². The normalized spacial score (nSPS) is 11.9. The maximum absolute atomic E-state index is 10.1. The highest BCUT2D eigenvalue weighted by Gasteiger charge is 2.25. The Morgan fingerprint density at radius 2 is 0.795 bits per heavy atom. The molecule has 0 aliphatic rings.